The number of fused-ring (bicyclic) bond motifs is 5. The number of rotatable bonds is 1. The van der Waals surface area contributed by atoms with E-state index in [1.54, 1.807) is 18.2 Å². The second-order valence-corrected chi connectivity index (χ2v) is 10.8. The Balaban J connectivity index is 1.62. The Morgan fingerprint density at radius 2 is 1.70 bits per heavy atom. The lowest BCUT2D eigenvalue weighted by molar-refractivity contribution is -0.118. The van der Waals surface area contributed by atoms with Gasteiger partial charge >= 0.3 is 0 Å². The average Bonchev–Trinajstić information content (AvgIpc) is 3.48. The van der Waals surface area contributed by atoms with E-state index in [2.05, 4.69) is 30.6 Å². The molecule has 3 fully saturated rings. The molecule has 0 unspecified atom stereocenters. The Morgan fingerprint density at radius 3 is 2.46 bits per heavy atom. The van der Waals surface area contributed by atoms with Crippen molar-refractivity contribution in [2.45, 2.75) is 57.8 Å². The molecule has 0 aromatic rings. The summed E-state index contributed by atoms with van der Waals surface area (Å²) in [6, 6.07) is -1.19. The number of hydrogen-bond donors (Lipinski definition) is 5. The third-order valence-electron chi connectivity index (χ3n) is 8.75. The third kappa shape index (κ3) is 5.65. The van der Waals surface area contributed by atoms with Gasteiger partial charge in [0.25, 0.3) is 5.91 Å². The maximum atomic E-state index is 12.7. The summed E-state index contributed by atoms with van der Waals surface area (Å²) >= 11 is 0. The lowest BCUT2D eigenvalue weighted by Crippen LogP contribution is -2.42. The summed E-state index contributed by atoms with van der Waals surface area (Å²) in [6.45, 7) is 4.63. The molecule has 0 spiro atoms. The quantitative estimate of drug-likeness (QED) is 0.344. The SMILES string of the molecule is CC[C@H]1C[C@@H]2C[C@@H]3C=CC=CC(=O)NCC[C@H](O)[C@@H]4NC(=O)C(=C(O)C=CC=C[C@H](O)[C@H]3[C@@H]2[C@H]1C)C4=O. The van der Waals surface area contributed by atoms with Crippen LogP contribution in [0.3, 0.4) is 0 Å². The Bertz CT molecular complexity index is 1060. The standard InChI is InChI=1S/C29H38N2O6/c1-3-17-14-19-15-18-8-4-7-11-23(35)30-13-12-22(34)27-28(36)26(29(37)31-27)21(33)10-6-5-9-20(32)25(18)24(19)16(17)2/h4-11,16-20,22,24-25,27,32-34H,3,12-15H2,1-2H3,(H,30,35)(H,31,37)/t16-,17-,18-,19+,20-,22-,24+,25-,27-/m0/s1. The predicted octanol–water partition coefficient (Wildman–Crippen LogP) is 2.27. The van der Waals surface area contributed by atoms with Crippen LogP contribution in [0.1, 0.15) is 39.5 Å². The number of amides is 2. The molecule has 8 heteroatoms. The van der Waals surface area contributed by atoms with Crippen molar-refractivity contribution in [1.29, 1.82) is 0 Å². The number of nitrogens with one attached hydrogen (secondary N) is 2. The van der Waals surface area contributed by atoms with E-state index >= 15 is 0 Å². The van der Waals surface area contributed by atoms with Crippen LogP contribution >= 0.6 is 0 Å². The van der Waals surface area contributed by atoms with Crippen LogP contribution in [0, 0.1) is 35.5 Å². The molecule has 4 aliphatic rings. The molecule has 4 rings (SSSR count). The Hall–Kier alpha value is -2.97. The minimum atomic E-state index is -1.22. The van der Waals surface area contributed by atoms with Gasteiger partial charge in [0.1, 0.15) is 17.4 Å². The van der Waals surface area contributed by atoms with Crippen molar-refractivity contribution < 1.29 is 29.7 Å². The number of aliphatic hydroxyl groups is 3. The molecule has 8 nitrogen and oxygen atoms in total. The van der Waals surface area contributed by atoms with Crippen molar-refractivity contribution in [1.82, 2.24) is 10.6 Å². The third-order valence-corrected chi connectivity index (χ3v) is 8.75. The number of hydrogen-bond acceptors (Lipinski definition) is 6. The van der Waals surface area contributed by atoms with Crippen LogP contribution in [0.25, 0.3) is 0 Å². The molecule has 1 saturated heterocycles. The zero-order chi connectivity index (χ0) is 26.7. The normalized spacial score (nSPS) is 38.9. The first-order chi connectivity index (χ1) is 17.7. The van der Waals surface area contributed by atoms with Crippen LogP contribution in [0.15, 0.2) is 59.9 Å². The lowest BCUT2D eigenvalue weighted by Gasteiger charge is -2.30. The highest BCUT2D eigenvalue weighted by atomic mass is 16.3. The van der Waals surface area contributed by atoms with Crippen molar-refractivity contribution in [2.75, 3.05) is 6.54 Å². The fraction of sp³-hybridized carbons (Fsp3) is 0.552. The predicted molar refractivity (Wildman–Crippen MR) is 139 cm³/mol. The van der Waals surface area contributed by atoms with Gasteiger partial charge in [-0.15, -0.1) is 0 Å². The van der Waals surface area contributed by atoms with Crippen LogP contribution in [0.5, 0.6) is 0 Å². The maximum Gasteiger partial charge on any atom is 0.259 e. The summed E-state index contributed by atoms with van der Waals surface area (Å²) in [7, 11) is 0. The van der Waals surface area contributed by atoms with Crippen LogP contribution in [-0.4, -0.2) is 57.7 Å². The number of carbonyl (C=O) groups is 3. The molecule has 2 bridgehead atoms. The number of carbonyl (C=O) groups excluding carboxylic acids is 3. The molecular weight excluding hydrogens is 472 g/mol. The van der Waals surface area contributed by atoms with E-state index in [-0.39, 0.29) is 30.7 Å². The van der Waals surface area contributed by atoms with Crippen molar-refractivity contribution in [3.8, 4) is 0 Å². The topological polar surface area (TPSA) is 136 Å². The number of Topliss-reactive ketones (excluding diaryl/α,β-unsaturated/α-hetero) is 1. The van der Waals surface area contributed by atoms with Gasteiger partial charge in [-0.3, -0.25) is 14.4 Å². The zero-order valence-electron chi connectivity index (χ0n) is 21.4. The largest absolute Gasteiger partial charge is 0.507 e. The van der Waals surface area contributed by atoms with E-state index in [0.29, 0.717) is 23.7 Å². The van der Waals surface area contributed by atoms with Gasteiger partial charge < -0.3 is 26.0 Å². The summed E-state index contributed by atoms with van der Waals surface area (Å²) in [5, 5.41) is 37.1. The Morgan fingerprint density at radius 1 is 0.973 bits per heavy atom. The lowest BCUT2D eigenvalue weighted by atomic mass is 9.76. The van der Waals surface area contributed by atoms with E-state index in [4.69, 9.17) is 0 Å². The fourth-order valence-electron chi connectivity index (χ4n) is 6.96. The van der Waals surface area contributed by atoms with E-state index < -0.39 is 41.3 Å². The van der Waals surface area contributed by atoms with Gasteiger partial charge in [-0.2, -0.15) is 0 Å². The van der Waals surface area contributed by atoms with Gasteiger partial charge in [0.15, 0.2) is 5.78 Å². The molecule has 37 heavy (non-hydrogen) atoms. The highest BCUT2D eigenvalue weighted by Crippen LogP contribution is 2.57. The second-order valence-electron chi connectivity index (χ2n) is 10.8. The van der Waals surface area contributed by atoms with Crippen LogP contribution < -0.4 is 10.6 Å². The fourth-order valence-corrected chi connectivity index (χ4v) is 6.96. The Kier molecular flexibility index (Phi) is 8.49. The van der Waals surface area contributed by atoms with Gasteiger partial charge in [-0.25, -0.2) is 0 Å². The molecule has 2 aliphatic heterocycles. The average molecular weight is 511 g/mol. The summed E-state index contributed by atoms with van der Waals surface area (Å²) < 4.78 is 0. The van der Waals surface area contributed by atoms with Crippen LogP contribution in [0.2, 0.25) is 0 Å². The molecule has 0 aromatic heterocycles. The summed E-state index contributed by atoms with van der Waals surface area (Å²) in [5.41, 5.74) is -0.412. The van der Waals surface area contributed by atoms with Crippen LogP contribution in [0.4, 0.5) is 0 Å². The van der Waals surface area contributed by atoms with Gasteiger partial charge in [0.05, 0.1) is 12.2 Å². The van der Waals surface area contributed by atoms with Gasteiger partial charge in [-0.05, 0) is 60.8 Å². The highest BCUT2D eigenvalue weighted by Gasteiger charge is 2.52. The first-order valence-corrected chi connectivity index (χ1v) is 13.3. The summed E-state index contributed by atoms with van der Waals surface area (Å²) in [4.78, 5) is 37.2. The van der Waals surface area contributed by atoms with Crippen molar-refractivity contribution in [3.05, 3.63) is 59.9 Å². The van der Waals surface area contributed by atoms with Crippen LogP contribution in [-0.2, 0) is 14.4 Å². The Labute approximate surface area is 217 Å². The van der Waals surface area contributed by atoms with E-state index in [1.165, 1.54) is 24.6 Å². The second kappa shape index (κ2) is 11.6. The molecule has 2 saturated carbocycles. The molecule has 0 aromatic carbocycles. The molecule has 0 radical (unpaired) electrons. The minimum Gasteiger partial charge on any atom is -0.507 e. The van der Waals surface area contributed by atoms with Crippen molar-refractivity contribution in [3.63, 3.8) is 0 Å². The van der Waals surface area contributed by atoms with E-state index in [1.807, 2.05) is 6.08 Å². The van der Waals surface area contributed by atoms with Gasteiger partial charge in [-0.1, -0.05) is 56.7 Å². The first-order valence-electron chi connectivity index (χ1n) is 13.3. The monoisotopic (exact) mass is 510 g/mol. The van der Waals surface area contributed by atoms with Crippen molar-refractivity contribution in [2.24, 2.45) is 35.5 Å². The van der Waals surface area contributed by atoms with Crippen molar-refractivity contribution >= 4 is 17.6 Å². The molecule has 200 valence electrons. The molecule has 2 aliphatic carbocycles. The molecular formula is C29H38N2O6. The van der Waals surface area contributed by atoms with Gasteiger partial charge in [0.2, 0.25) is 5.91 Å². The molecule has 2 amide bonds. The minimum absolute atomic E-state index is 0.0293. The molecule has 2 heterocycles. The molecule has 9 atom stereocenters. The van der Waals surface area contributed by atoms with E-state index in [9.17, 15) is 29.7 Å². The van der Waals surface area contributed by atoms with Gasteiger partial charge in [0, 0.05) is 12.6 Å². The number of aliphatic hydroxyl groups excluding tert-OH is 3. The smallest absolute Gasteiger partial charge is 0.259 e. The first kappa shape index (κ1) is 27.1. The molecule has 5 N–H and O–H groups in total. The zero-order valence-corrected chi connectivity index (χ0v) is 21.4. The summed E-state index contributed by atoms with van der Waals surface area (Å²) in [5.74, 6) is 0.00864. The number of ketones is 1. The highest BCUT2D eigenvalue weighted by molar-refractivity contribution is 6.27. The van der Waals surface area contributed by atoms with E-state index in [0.717, 1.165) is 12.8 Å². The maximum absolute atomic E-state index is 12.7. The number of allylic oxidation sites excluding steroid dienone is 6. The summed E-state index contributed by atoms with van der Waals surface area (Å²) in [6.07, 6.45) is 14.5.